The van der Waals surface area contributed by atoms with Gasteiger partial charge >= 0.3 is 0 Å². The van der Waals surface area contributed by atoms with E-state index in [9.17, 15) is 0 Å². The summed E-state index contributed by atoms with van der Waals surface area (Å²) < 4.78 is 6.40. The Hall–Kier alpha value is -1.05. The number of rotatable bonds is 1. The van der Waals surface area contributed by atoms with Gasteiger partial charge in [0.2, 0.25) is 0 Å². The standard InChI is InChI=1S/C12H13BrN2O/c1-9-6-10(2-3-12(9)13)15-4-5-16-8-11(15)7-14/h2-3,6,11H,4-5,8H2,1H3. The van der Waals surface area contributed by atoms with Crippen LogP contribution < -0.4 is 4.90 Å². The molecule has 0 amide bonds. The average Bonchev–Trinajstić information content (AvgIpc) is 2.32. The van der Waals surface area contributed by atoms with E-state index in [1.54, 1.807) is 0 Å². The lowest BCUT2D eigenvalue weighted by Crippen LogP contribution is -2.44. The zero-order chi connectivity index (χ0) is 11.5. The Bertz CT molecular complexity index is 428. The normalized spacial score (nSPS) is 20.6. The topological polar surface area (TPSA) is 36.3 Å². The van der Waals surface area contributed by atoms with Crippen molar-refractivity contribution in [3.05, 3.63) is 28.2 Å². The molecule has 1 aliphatic heterocycles. The van der Waals surface area contributed by atoms with Gasteiger partial charge in [0.05, 0.1) is 19.3 Å². The highest BCUT2D eigenvalue weighted by Crippen LogP contribution is 2.25. The summed E-state index contributed by atoms with van der Waals surface area (Å²) in [6, 6.07) is 8.26. The Morgan fingerprint density at radius 2 is 2.38 bits per heavy atom. The van der Waals surface area contributed by atoms with E-state index in [1.807, 2.05) is 12.1 Å². The Morgan fingerprint density at radius 1 is 1.56 bits per heavy atom. The first-order valence-corrected chi connectivity index (χ1v) is 6.02. The Morgan fingerprint density at radius 3 is 3.06 bits per heavy atom. The van der Waals surface area contributed by atoms with E-state index in [-0.39, 0.29) is 6.04 Å². The molecule has 1 fully saturated rings. The van der Waals surface area contributed by atoms with E-state index in [4.69, 9.17) is 10.00 Å². The fourth-order valence-electron chi connectivity index (χ4n) is 1.83. The number of benzene rings is 1. The van der Waals surface area contributed by atoms with Crippen LogP contribution in [0.2, 0.25) is 0 Å². The number of morpholine rings is 1. The quantitative estimate of drug-likeness (QED) is 0.793. The monoisotopic (exact) mass is 280 g/mol. The van der Waals surface area contributed by atoms with Crippen LogP contribution in [0.3, 0.4) is 0 Å². The summed E-state index contributed by atoms with van der Waals surface area (Å²) in [7, 11) is 0. The highest BCUT2D eigenvalue weighted by Gasteiger charge is 2.22. The molecule has 0 spiro atoms. The van der Waals surface area contributed by atoms with Crippen molar-refractivity contribution in [2.75, 3.05) is 24.7 Å². The zero-order valence-corrected chi connectivity index (χ0v) is 10.7. The lowest BCUT2D eigenvalue weighted by atomic mass is 10.1. The number of aryl methyl sites for hydroxylation is 1. The second-order valence-corrected chi connectivity index (χ2v) is 4.70. The third kappa shape index (κ3) is 2.21. The summed E-state index contributed by atoms with van der Waals surface area (Å²) in [5, 5.41) is 9.07. The molecular weight excluding hydrogens is 268 g/mol. The van der Waals surface area contributed by atoms with E-state index in [2.05, 4.69) is 39.9 Å². The number of halogens is 1. The fraction of sp³-hybridized carbons (Fsp3) is 0.417. The predicted octanol–water partition coefficient (Wildman–Crippen LogP) is 2.49. The molecule has 1 heterocycles. The van der Waals surface area contributed by atoms with Crippen LogP contribution in [0, 0.1) is 18.3 Å². The summed E-state index contributed by atoms with van der Waals surface area (Å²) in [6.07, 6.45) is 0. The summed E-state index contributed by atoms with van der Waals surface area (Å²) in [6.45, 7) is 4.01. The number of hydrogen-bond acceptors (Lipinski definition) is 3. The minimum absolute atomic E-state index is 0.172. The number of hydrogen-bond donors (Lipinski definition) is 0. The summed E-state index contributed by atoms with van der Waals surface area (Å²) >= 11 is 3.48. The molecule has 4 heteroatoms. The SMILES string of the molecule is Cc1cc(N2CCOCC2C#N)ccc1Br. The van der Waals surface area contributed by atoms with Gasteiger partial charge in [-0.2, -0.15) is 5.26 Å². The van der Waals surface area contributed by atoms with E-state index in [0.717, 1.165) is 16.7 Å². The fourth-order valence-corrected chi connectivity index (χ4v) is 2.07. The van der Waals surface area contributed by atoms with Gasteiger partial charge in [0, 0.05) is 16.7 Å². The van der Waals surface area contributed by atoms with Crippen molar-refractivity contribution < 1.29 is 4.74 Å². The minimum Gasteiger partial charge on any atom is -0.376 e. The molecule has 1 aromatic rings. The van der Waals surface area contributed by atoms with E-state index in [0.29, 0.717) is 13.2 Å². The van der Waals surface area contributed by atoms with Gasteiger partial charge in [-0.25, -0.2) is 0 Å². The molecule has 2 rings (SSSR count). The van der Waals surface area contributed by atoms with Crippen molar-refractivity contribution in [3.63, 3.8) is 0 Å². The molecule has 3 nitrogen and oxygen atoms in total. The van der Waals surface area contributed by atoms with Crippen molar-refractivity contribution in [2.24, 2.45) is 0 Å². The molecule has 1 saturated heterocycles. The van der Waals surface area contributed by atoms with Crippen LogP contribution in [0.15, 0.2) is 22.7 Å². The van der Waals surface area contributed by atoms with Crippen molar-refractivity contribution in [1.82, 2.24) is 0 Å². The third-order valence-electron chi connectivity index (χ3n) is 2.75. The van der Waals surface area contributed by atoms with Crippen molar-refractivity contribution >= 4 is 21.6 Å². The highest BCUT2D eigenvalue weighted by molar-refractivity contribution is 9.10. The van der Waals surface area contributed by atoms with Crippen LogP contribution in [-0.2, 0) is 4.74 Å². The molecule has 0 bridgehead atoms. The van der Waals surface area contributed by atoms with Crippen molar-refractivity contribution in [3.8, 4) is 6.07 Å². The molecule has 0 radical (unpaired) electrons. The van der Waals surface area contributed by atoms with Gasteiger partial charge in [-0.15, -0.1) is 0 Å². The molecular formula is C12H13BrN2O. The number of nitriles is 1. The van der Waals surface area contributed by atoms with Crippen LogP contribution in [0.25, 0.3) is 0 Å². The van der Waals surface area contributed by atoms with Gasteiger partial charge in [0.1, 0.15) is 6.04 Å². The van der Waals surface area contributed by atoms with Gasteiger partial charge < -0.3 is 9.64 Å². The van der Waals surface area contributed by atoms with Gasteiger partial charge in [-0.05, 0) is 30.7 Å². The minimum atomic E-state index is -0.172. The molecule has 1 aromatic carbocycles. The Labute approximate surface area is 104 Å². The second kappa shape index (κ2) is 4.86. The summed E-state index contributed by atoms with van der Waals surface area (Å²) in [4.78, 5) is 2.10. The number of ether oxygens (including phenoxy) is 1. The lowest BCUT2D eigenvalue weighted by molar-refractivity contribution is 0.107. The van der Waals surface area contributed by atoms with Crippen molar-refractivity contribution in [2.45, 2.75) is 13.0 Å². The van der Waals surface area contributed by atoms with Crippen LogP contribution in [-0.4, -0.2) is 25.8 Å². The smallest absolute Gasteiger partial charge is 0.140 e. The third-order valence-corrected chi connectivity index (χ3v) is 3.64. The van der Waals surface area contributed by atoms with Gasteiger partial charge in [0.15, 0.2) is 0 Å². The zero-order valence-electron chi connectivity index (χ0n) is 9.11. The largest absolute Gasteiger partial charge is 0.376 e. The average molecular weight is 281 g/mol. The lowest BCUT2D eigenvalue weighted by Gasteiger charge is -2.33. The molecule has 0 aromatic heterocycles. The van der Waals surface area contributed by atoms with Crippen LogP contribution in [0.5, 0.6) is 0 Å². The van der Waals surface area contributed by atoms with Gasteiger partial charge in [-0.1, -0.05) is 15.9 Å². The number of nitrogens with zero attached hydrogens (tertiary/aromatic N) is 2. The Kier molecular flexibility index (Phi) is 3.47. The second-order valence-electron chi connectivity index (χ2n) is 3.85. The molecule has 0 aliphatic carbocycles. The van der Waals surface area contributed by atoms with Crippen LogP contribution in [0.1, 0.15) is 5.56 Å². The van der Waals surface area contributed by atoms with Gasteiger partial charge in [0.25, 0.3) is 0 Å². The predicted molar refractivity (Wildman–Crippen MR) is 66.4 cm³/mol. The first kappa shape index (κ1) is 11.4. The maximum atomic E-state index is 9.07. The summed E-state index contributed by atoms with van der Waals surface area (Å²) in [5.74, 6) is 0. The molecule has 0 saturated carbocycles. The van der Waals surface area contributed by atoms with Crippen LogP contribution >= 0.6 is 15.9 Å². The van der Waals surface area contributed by atoms with Gasteiger partial charge in [-0.3, -0.25) is 0 Å². The molecule has 1 unspecified atom stereocenters. The molecule has 16 heavy (non-hydrogen) atoms. The van der Waals surface area contributed by atoms with E-state index >= 15 is 0 Å². The first-order chi connectivity index (χ1) is 7.72. The summed E-state index contributed by atoms with van der Waals surface area (Å²) in [5.41, 5.74) is 2.27. The number of anilines is 1. The van der Waals surface area contributed by atoms with E-state index in [1.165, 1.54) is 5.56 Å². The molecule has 0 N–H and O–H groups in total. The first-order valence-electron chi connectivity index (χ1n) is 5.22. The highest BCUT2D eigenvalue weighted by atomic mass is 79.9. The maximum Gasteiger partial charge on any atom is 0.140 e. The van der Waals surface area contributed by atoms with Crippen molar-refractivity contribution in [1.29, 1.82) is 5.26 Å². The van der Waals surface area contributed by atoms with Crippen LogP contribution in [0.4, 0.5) is 5.69 Å². The molecule has 84 valence electrons. The Balaban J connectivity index is 2.28. The molecule has 1 atom stereocenters. The molecule has 1 aliphatic rings. The maximum absolute atomic E-state index is 9.07. The van der Waals surface area contributed by atoms with E-state index < -0.39 is 0 Å².